The molecule has 0 spiro atoms. The van der Waals surface area contributed by atoms with Gasteiger partial charge in [-0.1, -0.05) is 40.0 Å². The van der Waals surface area contributed by atoms with Gasteiger partial charge >= 0.3 is 0 Å². The van der Waals surface area contributed by atoms with Crippen LogP contribution in [0.25, 0.3) is 0 Å². The van der Waals surface area contributed by atoms with Gasteiger partial charge in [0, 0.05) is 26.2 Å². The predicted molar refractivity (Wildman–Crippen MR) is 80.0 cm³/mol. The Kier molecular flexibility index (Phi) is 9.77. The zero-order valence-corrected chi connectivity index (χ0v) is 15.8. The van der Waals surface area contributed by atoms with Crippen LogP contribution in [0.15, 0.2) is 17.7 Å². The summed E-state index contributed by atoms with van der Waals surface area (Å²) in [6.07, 6.45) is 16.2. The molecule has 0 saturated heterocycles. The fourth-order valence-corrected chi connectivity index (χ4v) is 3.31. The van der Waals surface area contributed by atoms with Crippen molar-refractivity contribution in [3.63, 3.8) is 0 Å². The zero-order chi connectivity index (χ0) is 10.9. The standard InChI is InChI=1S/C15H23.2ClH.Zr/c1-14(2,3)15(11-7-4-8-12-15)13-9-5-6-10-13;;;/h5,9H,4,6-8,11-12H2,1-3H3;2*1H;/q-1;;;. The van der Waals surface area contributed by atoms with Gasteiger partial charge < -0.3 is 0 Å². The van der Waals surface area contributed by atoms with Crippen molar-refractivity contribution in [2.24, 2.45) is 10.8 Å². The SMILES string of the molecule is CC(C)(C)C1(C2=[C-]CC=C2)CCCCC1.Cl.Cl.[Zr]. The van der Waals surface area contributed by atoms with E-state index < -0.39 is 0 Å². The molecule has 2 aliphatic carbocycles. The van der Waals surface area contributed by atoms with Crippen molar-refractivity contribution in [1.29, 1.82) is 0 Å². The molecular formula is C15H25Cl2Zr-. The number of rotatable bonds is 1. The van der Waals surface area contributed by atoms with Crippen LogP contribution >= 0.6 is 24.8 Å². The summed E-state index contributed by atoms with van der Waals surface area (Å²) in [5.74, 6) is 0. The predicted octanol–water partition coefficient (Wildman–Crippen LogP) is 5.51. The number of hydrogen-bond acceptors (Lipinski definition) is 0. The molecule has 0 unspecified atom stereocenters. The summed E-state index contributed by atoms with van der Waals surface area (Å²) < 4.78 is 0. The van der Waals surface area contributed by atoms with E-state index >= 15 is 0 Å². The van der Waals surface area contributed by atoms with Crippen LogP contribution in [0.4, 0.5) is 0 Å². The summed E-state index contributed by atoms with van der Waals surface area (Å²) >= 11 is 0. The van der Waals surface area contributed by atoms with Crippen LogP contribution in [0.1, 0.15) is 59.3 Å². The van der Waals surface area contributed by atoms with Crippen molar-refractivity contribution in [1.82, 2.24) is 0 Å². The summed E-state index contributed by atoms with van der Waals surface area (Å²) in [5.41, 5.74) is 2.30. The summed E-state index contributed by atoms with van der Waals surface area (Å²) in [6, 6.07) is 0. The van der Waals surface area contributed by atoms with Crippen LogP contribution in [0.3, 0.4) is 0 Å². The molecule has 0 heterocycles. The van der Waals surface area contributed by atoms with Gasteiger partial charge in [0.2, 0.25) is 0 Å². The summed E-state index contributed by atoms with van der Waals surface area (Å²) in [4.78, 5) is 0. The molecule has 0 amide bonds. The van der Waals surface area contributed by atoms with Crippen molar-refractivity contribution in [2.45, 2.75) is 59.3 Å². The summed E-state index contributed by atoms with van der Waals surface area (Å²) in [5, 5.41) is 0. The van der Waals surface area contributed by atoms with Crippen molar-refractivity contribution in [2.75, 3.05) is 0 Å². The van der Waals surface area contributed by atoms with Crippen LogP contribution < -0.4 is 0 Å². The van der Waals surface area contributed by atoms with E-state index in [1.807, 2.05) is 0 Å². The first-order chi connectivity index (χ1) is 7.06. The minimum Gasteiger partial charge on any atom is -0.269 e. The molecule has 0 aromatic heterocycles. The number of hydrogen-bond donors (Lipinski definition) is 0. The van der Waals surface area contributed by atoms with E-state index in [1.54, 1.807) is 0 Å². The minimum atomic E-state index is 0. The largest absolute Gasteiger partial charge is 0.269 e. The van der Waals surface area contributed by atoms with Crippen molar-refractivity contribution in [3.8, 4) is 0 Å². The van der Waals surface area contributed by atoms with Crippen LogP contribution in [-0.2, 0) is 26.2 Å². The average molecular weight is 367 g/mol. The van der Waals surface area contributed by atoms with Crippen LogP contribution in [0, 0.1) is 16.9 Å². The second kappa shape index (κ2) is 8.28. The summed E-state index contributed by atoms with van der Waals surface area (Å²) in [7, 11) is 0. The molecule has 0 bridgehead atoms. The Balaban J connectivity index is 0. The molecule has 0 aliphatic heterocycles. The molecule has 1 fully saturated rings. The second-order valence-corrected chi connectivity index (χ2v) is 6.09. The van der Waals surface area contributed by atoms with Gasteiger partial charge in [-0.05, 0) is 23.7 Å². The van der Waals surface area contributed by atoms with E-state index in [4.69, 9.17) is 0 Å². The Morgan fingerprint density at radius 3 is 2.00 bits per heavy atom. The molecule has 0 aromatic rings. The molecule has 2 rings (SSSR count). The Bertz CT molecular complexity index is 294. The molecule has 18 heavy (non-hydrogen) atoms. The molecule has 3 heteroatoms. The maximum absolute atomic E-state index is 3.58. The molecule has 0 aromatic carbocycles. The van der Waals surface area contributed by atoms with Crippen molar-refractivity contribution >= 4 is 24.8 Å². The smallest absolute Gasteiger partial charge is 0 e. The topological polar surface area (TPSA) is 0 Å². The van der Waals surface area contributed by atoms with E-state index in [-0.39, 0.29) is 51.0 Å². The molecule has 0 N–H and O–H groups in total. The molecule has 0 atom stereocenters. The van der Waals surface area contributed by atoms with Gasteiger partial charge in [-0.2, -0.15) is 6.08 Å². The first kappa shape index (κ1) is 21.2. The number of allylic oxidation sites excluding steroid dienone is 4. The van der Waals surface area contributed by atoms with Gasteiger partial charge in [0.1, 0.15) is 0 Å². The Hall–Kier alpha value is 0.943. The molecule has 2 aliphatic rings. The van der Waals surface area contributed by atoms with Gasteiger partial charge in [-0.15, -0.1) is 31.2 Å². The molecule has 0 radical (unpaired) electrons. The van der Waals surface area contributed by atoms with Crippen molar-refractivity contribution in [3.05, 3.63) is 23.8 Å². The third-order valence-corrected chi connectivity index (χ3v) is 4.35. The van der Waals surface area contributed by atoms with Crippen molar-refractivity contribution < 1.29 is 26.2 Å². The molecular weight excluding hydrogens is 342 g/mol. The van der Waals surface area contributed by atoms with E-state index in [2.05, 4.69) is 39.0 Å². The van der Waals surface area contributed by atoms with Gasteiger partial charge in [-0.3, -0.25) is 6.08 Å². The Morgan fingerprint density at radius 2 is 1.61 bits per heavy atom. The minimum absolute atomic E-state index is 0. The third-order valence-electron chi connectivity index (χ3n) is 4.35. The zero-order valence-electron chi connectivity index (χ0n) is 11.7. The number of halogens is 2. The third kappa shape index (κ3) is 3.97. The van der Waals surface area contributed by atoms with Crippen LogP contribution in [0.5, 0.6) is 0 Å². The Labute approximate surface area is 144 Å². The fraction of sp³-hybridized carbons (Fsp3) is 0.733. The normalized spacial score (nSPS) is 21.2. The van der Waals surface area contributed by atoms with Gasteiger partial charge in [0.15, 0.2) is 0 Å². The first-order valence-electron chi connectivity index (χ1n) is 6.34. The van der Waals surface area contributed by atoms with Crippen LogP contribution in [-0.4, -0.2) is 0 Å². The maximum Gasteiger partial charge on any atom is 0 e. The quantitative estimate of drug-likeness (QED) is 0.536. The molecule has 1 saturated carbocycles. The second-order valence-electron chi connectivity index (χ2n) is 6.09. The van der Waals surface area contributed by atoms with Gasteiger partial charge in [0.25, 0.3) is 0 Å². The fourth-order valence-electron chi connectivity index (χ4n) is 3.31. The average Bonchev–Trinajstić information content (AvgIpc) is 2.70. The van der Waals surface area contributed by atoms with E-state index in [0.29, 0.717) is 10.8 Å². The van der Waals surface area contributed by atoms with E-state index in [9.17, 15) is 0 Å². The van der Waals surface area contributed by atoms with E-state index in [0.717, 1.165) is 6.42 Å². The van der Waals surface area contributed by atoms with Crippen LogP contribution in [0.2, 0.25) is 0 Å². The monoisotopic (exact) mass is 365 g/mol. The molecule has 104 valence electrons. The maximum atomic E-state index is 3.58. The first-order valence-corrected chi connectivity index (χ1v) is 6.34. The van der Waals surface area contributed by atoms with E-state index in [1.165, 1.54) is 37.7 Å². The summed E-state index contributed by atoms with van der Waals surface area (Å²) in [6.45, 7) is 7.21. The van der Waals surface area contributed by atoms with Gasteiger partial charge in [-0.25, -0.2) is 11.6 Å². The van der Waals surface area contributed by atoms with Gasteiger partial charge in [0.05, 0.1) is 0 Å². The molecule has 0 nitrogen and oxygen atoms in total. The Morgan fingerprint density at radius 1 is 1.06 bits per heavy atom.